The van der Waals surface area contributed by atoms with E-state index in [0.29, 0.717) is 22.4 Å². The maximum Gasteiger partial charge on any atom is 0.175 e. The Hall–Kier alpha value is -2.21. The Morgan fingerprint density at radius 3 is 2.12 bits per heavy atom. The Morgan fingerprint density at radius 2 is 1.68 bits per heavy atom. The molecular formula is C19H22FNO3S. The van der Waals surface area contributed by atoms with Crippen LogP contribution in [0.2, 0.25) is 0 Å². The lowest BCUT2D eigenvalue weighted by Crippen LogP contribution is -2.28. The standard InChI is InChI=1S/C19H22FNO3S/c1-12(2)21(4)19-17(13(3)22)10-16(25(5,23)24)11-18(19)14-6-8-15(20)9-7-14/h6-12H,1-5H3. The van der Waals surface area contributed by atoms with E-state index in [1.54, 1.807) is 18.2 Å². The zero-order valence-corrected chi connectivity index (χ0v) is 15.8. The van der Waals surface area contributed by atoms with Gasteiger partial charge in [0.1, 0.15) is 5.82 Å². The van der Waals surface area contributed by atoms with Gasteiger partial charge in [0, 0.05) is 30.5 Å². The van der Waals surface area contributed by atoms with Gasteiger partial charge in [-0.2, -0.15) is 0 Å². The van der Waals surface area contributed by atoms with E-state index < -0.39 is 9.84 Å². The van der Waals surface area contributed by atoms with Crippen LogP contribution in [0.25, 0.3) is 11.1 Å². The van der Waals surface area contributed by atoms with Crippen LogP contribution in [0.3, 0.4) is 0 Å². The fraction of sp³-hybridized carbons (Fsp3) is 0.316. The average molecular weight is 363 g/mol. The molecule has 0 radical (unpaired) electrons. The molecule has 0 fully saturated rings. The van der Waals surface area contributed by atoms with Crippen LogP contribution in [0, 0.1) is 5.82 Å². The third kappa shape index (κ3) is 4.07. The van der Waals surface area contributed by atoms with Crippen molar-refractivity contribution in [3.05, 3.63) is 47.8 Å². The number of anilines is 1. The lowest BCUT2D eigenvalue weighted by atomic mass is 9.96. The minimum atomic E-state index is -3.51. The van der Waals surface area contributed by atoms with E-state index in [-0.39, 0.29) is 22.5 Å². The summed E-state index contributed by atoms with van der Waals surface area (Å²) in [5.41, 5.74) is 2.21. The summed E-state index contributed by atoms with van der Waals surface area (Å²) < 4.78 is 37.5. The highest BCUT2D eigenvalue weighted by Gasteiger charge is 2.23. The average Bonchev–Trinajstić information content (AvgIpc) is 2.52. The lowest BCUT2D eigenvalue weighted by molar-refractivity contribution is 0.101. The number of hydrogen-bond donors (Lipinski definition) is 0. The van der Waals surface area contributed by atoms with E-state index in [9.17, 15) is 17.6 Å². The first-order valence-corrected chi connectivity index (χ1v) is 9.79. The maximum atomic E-state index is 13.3. The number of nitrogens with zero attached hydrogens (tertiary/aromatic N) is 1. The molecule has 4 nitrogen and oxygen atoms in total. The van der Waals surface area contributed by atoms with Crippen LogP contribution in [-0.2, 0) is 9.84 Å². The molecule has 0 aliphatic heterocycles. The zero-order valence-electron chi connectivity index (χ0n) is 15.0. The van der Waals surface area contributed by atoms with Gasteiger partial charge in [0.15, 0.2) is 15.6 Å². The van der Waals surface area contributed by atoms with E-state index in [1.807, 2.05) is 25.8 Å². The molecule has 0 atom stereocenters. The Balaban J connectivity index is 2.91. The highest BCUT2D eigenvalue weighted by atomic mass is 32.2. The predicted octanol–water partition coefficient (Wildman–Crippen LogP) is 3.94. The van der Waals surface area contributed by atoms with Crippen molar-refractivity contribution < 1.29 is 17.6 Å². The summed E-state index contributed by atoms with van der Waals surface area (Å²) in [6.45, 7) is 5.36. The molecule has 0 heterocycles. The monoisotopic (exact) mass is 363 g/mol. The van der Waals surface area contributed by atoms with Gasteiger partial charge >= 0.3 is 0 Å². The molecule has 0 bridgehead atoms. The van der Waals surface area contributed by atoms with E-state index >= 15 is 0 Å². The summed E-state index contributed by atoms with van der Waals surface area (Å²) in [5, 5.41) is 0. The summed E-state index contributed by atoms with van der Waals surface area (Å²) >= 11 is 0. The number of benzene rings is 2. The Morgan fingerprint density at radius 1 is 1.12 bits per heavy atom. The van der Waals surface area contributed by atoms with Crippen molar-refractivity contribution in [3.63, 3.8) is 0 Å². The molecule has 0 unspecified atom stereocenters. The lowest BCUT2D eigenvalue weighted by Gasteiger charge is -2.29. The molecule has 0 spiro atoms. The topological polar surface area (TPSA) is 54.5 Å². The second-order valence-corrected chi connectivity index (χ2v) is 8.42. The third-order valence-electron chi connectivity index (χ3n) is 4.17. The molecule has 2 rings (SSSR count). The molecule has 2 aromatic rings. The molecule has 0 aliphatic rings. The van der Waals surface area contributed by atoms with Crippen LogP contribution < -0.4 is 4.90 Å². The second-order valence-electron chi connectivity index (χ2n) is 6.41. The van der Waals surface area contributed by atoms with Gasteiger partial charge in [-0.15, -0.1) is 0 Å². The van der Waals surface area contributed by atoms with Crippen molar-refractivity contribution >= 4 is 21.3 Å². The summed E-state index contributed by atoms with van der Waals surface area (Å²) in [6.07, 6.45) is 1.10. The van der Waals surface area contributed by atoms with Gasteiger partial charge in [-0.25, -0.2) is 12.8 Å². The first-order chi connectivity index (χ1) is 11.5. The molecule has 0 amide bonds. The molecular weight excluding hydrogens is 341 g/mol. The number of halogens is 1. The molecule has 0 aliphatic carbocycles. The SMILES string of the molecule is CC(=O)c1cc(S(C)(=O)=O)cc(-c2ccc(F)cc2)c1N(C)C(C)C. The van der Waals surface area contributed by atoms with Crippen LogP contribution in [0.4, 0.5) is 10.1 Å². The summed E-state index contributed by atoms with van der Waals surface area (Å²) in [4.78, 5) is 14.2. The van der Waals surface area contributed by atoms with Gasteiger partial charge in [0.25, 0.3) is 0 Å². The van der Waals surface area contributed by atoms with E-state index in [0.717, 1.165) is 6.26 Å². The predicted molar refractivity (Wildman–Crippen MR) is 98.5 cm³/mol. The molecule has 6 heteroatoms. The number of Topliss-reactive ketones (excluding diaryl/α,β-unsaturated/α-hetero) is 1. The number of rotatable bonds is 5. The molecule has 25 heavy (non-hydrogen) atoms. The van der Waals surface area contributed by atoms with Gasteiger partial charge in [0.05, 0.1) is 10.6 Å². The van der Waals surface area contributed by atoms with Crippen molar-refractivity contribution in [1.82, 2.24) is 0 Å². The molecule has 0 saturated heterocycles. The van der Waals surface area contributed by atoms with Crippen LogP contribution in [0.1, 0.15) is 31.1 Å². The maximum absolute atomic E-state index is 13.3. The van der Waals surface area contributed by atoms with Crippen LogP contribution in [0.5, 0.6) is 0 Å². The minimum absolute atomic E-state index is 0.0675. The van der Waals surface area contributed by atoms with Crippen molar-refractivity contribution in [2.24, 2.45) is 0 Å². The van der Waals surface area contributed by atoms with Crippen molar-refractivity contribution in [3.8, 4) is 11.1 Å². The summed E-state index contributed by atoms with van der Waals surface area (Å²) in [6, 6.07) is 8.84. The second kappa shape index (κ2) is 6.96. The molecule has 0 aromatic heterocycles. The number of sulfone groups is 1. The normalized spacial score (nSPS) is 11.6. The smallest absolute Gasteiger partial charge is 0.175 e. The van der Waals surface area contributed by atoms with Crippen molar-refractivity contribution in [2.45, 2.75) is 31.7 Å². The first kappa shape index (κ1) is 19.1. The molecule has 0 N–H and O–H groups in total. The highest BCUT2D eigenvalue weighted by molar-refractivity contribution is 7.90. The number of carbonyl (C=O) groups is 1. The van der Waals surface area contributed by atoms with Gasteiger partial charge < -0.3 is 4.90 Å². The minimum Gasteiger partial charge on any atom is -0.371 e. The third-order valence-corrected chi connectivity index (χ3v) is 5.27. The number of ketones is 1. The Labute approximate surface area is 148 Å². The van der Waals surface area contributed by atoms with E-state index in [2.05, 4.69) is 0 Å². The molecule has 2 aromatic carbocycles. The van der Waals surface area contributed by atoms with Gasteiger partial charge in [-0.05, 0) is 50.6 Å². The number of carbonyl (C=O) groups excluding carboxylic acids is 1. The number of hydrogen-bond acceptors (Lipinski definition) is 4. The van der Waals surface area contributed by atoms with E-state index in [4.69, 9.17) is 0 Å². The van der Waals surface area contributed by atoms with Gasteiger partial charge in [-0.1, -0.05) is 12.1 Å². The molecule has 134 valence electrons. The van der Waals surface area contributed by atoms with E-state index in [1.165, 1.54) is 25.1 Å². The largest absolute Gasteiger partial charge is 0.371 e. The van der Waals surface area contributed by atoms with Gasteiger partial charge in [0.2, 0.25) is 0 Å². The van der Waals surface area contributed by atoms with Crippen molar-refractivity contribution in [2.75, 3.05) is 18.2 Å². The van der Waals surface area contributed by atoms with Crippen LogP contribution in [0.15, 0.2) is 41.3 Å². The Bertz CT molecular complexity index is 903. The molecule has 0 saturated carbocycles. The van der Waals surface area contributed by atoms with Crippen molar-refractivity contribution in [1.29, 1.82) is 0 Å². The zero-order chi connectivity index (χ0) is 18.9. The fourth-order valence-corrected chi connectivity index (χ4v) is 3.24. The fourth-order valence-electron chi connectivity index (χ4n) is 2.58. The van der Waals surface area contributed by atoms with Crippen LogP contribution >= 0.6 is 0 Å². The summed E-state index contributed by atoms with van der Waals surface area (Å²) in [7, 11) is -1.66. The Kier molecular flexibility index (Phi) is 5.32. The quantitative estimate of drug-likeness (QED) is 0.755. The summed E-state index contributed by atoms with van der Waals surface area (Å²) in [5.74, 6) is -0.607. The highest BCUT2D eigenvalue weighted by Crippen LogP contribution is 2.37. The van der Waals surface area contributed by atoms with Gasteiger partial charge in [-0.3, -0.25) is 4.79 Å². The first-order valence-electron chi connectivity index (χ1n) is 7.90. The van der Waals surface area contributed by atoms with Crippen LogP contribution in [-0.4, -0.2) is 33.5 Å².